The Labute approximate surface area is 134 Å². The van der Waals surface area contributed by atoms with E-state index in [2.05, 4.69) is 10.6 Å². The molecule has 2 aromatic carbocycles. The molecule has 23 heavy (non-hydrogen) atoms. The molecule has 0 atom stereocenters. The van der Waals surface area contributed by atoms with Crippen molar-refractivity contribution >= 4 is 11.7 Å². The molecule has 2 N–H and O–H groups in total. The number of ether oxygens (including phenoxy) is 2. The standard InChI is InChI=1S/C17H19FN2O3/c1-11-4-5-13(18)8-12(11)10-19-17(21)20-15-9-14(22-2)6-7-16(15)23-3/h4-9H,10H2,1-3H3,(H2,19,20,21). The van der Waals surface area contributed by atoms with Crippen LogP contribution in [0.3, 0.4) is 0 Å². The van der Waals surface area contributed by atoms with E-state index in [0.717, 1.165) is 11.1 Å². The van der Waals surface area contributed by atoms with Crippen molar-refractivity contribution in [1.82, 2.24) is 5.32 Å². The number of carbonyl (C=O) groups excluding carboxylic acids is 1. The summed E-state index contributed by atoms with van der Waals surface area (Å²) in [4.78, 5) is 12.0. The largest absolute Gasteiger partial charge is 0.497 e. The Morgan fingerprint density at radius 1 is 1.13 bits per heavy atom. The van der Waals surface area contributed by atoms with E-state index >= 15 is 0 Å². The van der Waals surface area contributed by atoms with Gasteiger partial charge in [-0.2, -0.15) is 0 Å². The maximum atomic E-state index is 13.2. The first-order chi connectivity index (χ1) is 11.0. The SMILES string of the molecule is COc1ccc(OC)c(NC(=O)NCc2cc(F)ccc2C)c1. The molecule has 2 aromatic rings. The molecule has 0 aliphatic carbocycles. The van der Waals surface area contributed by atoms with Gasteiger partial charge >= 0.3 is 6.03 Å². The molecule has 122 valence electrons. The molecule has 2 rings (SSSR count). The fraction of sp³-hybridized carbons (Fsp3) is 0.235. The molecule has 0 radical (unpaired) electrons. The number of urea groups is 1. The highest BCUT2D eigenvalue weighted by Crippen LogP contribution is 2.28. The van der Waals surface area contributed by atoms with E-state index < -0.39 is 6.03 Å². The van der Waals surface area contributed by atoms with Gasteiger partial charge < -0.3 is 20.1 Å². The Morgan fingerprint density at radius 3 is 2.61 bits per heavy atom. The van der Waals surface area contributed by atoms with Crippen molar-refractivity contribution in [2.75, 3.05) is 19.5 Å². The topological polar surface area (TPSA) is 59.6 Å². The van der Waals surface area contributed by atoms with Crippen LogP contribution in [0.2, 0.25) is 0 Å². The Hall–Kier alpha value is -2.76. The van der Waals surface area contributed by atoms with E-state index in [1.165, 1.54) is 19.2 Å². The Kier molecular flexibility index (Phi) is 5.41. The number of aryl methyl sites for hydroxylation is 1. The lowest BCUT2D eigenvalue weighted by atomic mass is 10.1. The van der Waals surface area contributed by atoms with Gasteiger partial charge in [0.15, 0.2) is 0 Å². The van der Waals surface area contributed by atoms with E-state index in [1.54, 1.807) is 31.4 Å². The number of hydrogen-bond donors (Lipinski definition) is 2. The molecule has 2 amide bonds. The van der Waals surface area contributed by atoms with Crippen molar-refractivity contribution in [2.45, 2.75) is 13.5 Å². The predicted octanol–water partition coefficient (Wildman–Crippen LogP) is 3.47. The first kappa shape index (κ1) is 16.6. The van der Waals surface area contributed by atoms with Crippen LogP contribution in [0, 0.1) is 12.7 Å². The second-order valence-corrected chi connectivity index (χ2v) is 4.94. The maximum Gasteiger partial charge on any atom is 0.319 e. The number of anilines is 1. The van der Waals surface area contributed by atoms with Gasteiger partial charge in [-0.05, 0) is 42.3 Å². The highest BCUT2D eigenvalue weighted by Gasteiger charge is 2.09. The number of amides is 2. The third-order valence-corrected chi connectivity index (χ3v) is 3.41. The van der Waals surface area contributed by atoms with Crippen molar-refractivity contribution < 1.29 is 18.7 Å². The summed E-state index contributed by atoms with van der Waals surface area (Å²) >= 11 is 0. The van der Waals surface area contributed by atoms with Gasteiger partial charge in [0.2, 0.25) is 0 Å². The zero-order valence-corrected chi connectivity index (χ0v) is 13.3. The van der Waals surface area contributed by atoms with Gasteiger partial charge in [0.1, 0.15) is 17.3 Å². The average Bonchev–Trinajstić information content (AvgIpc) is 2.55. The fourth-order valence-corrected chi connectivity index (χ4v) is 2.08. The molecular formula is C17H19FN2O3. The number of methoxy groups -OCH3 is 2. The lowest BCUT2D eigenvalue weighted by Gasteiger charge is -2.13. The maximum absolute atomic E-state index is 13.2. The molecule has 5 nitrogen and oxygen atoms in total. The summed E-state index contributed by atoms with van der Waals surface area (Å²) in [6, 6.07) is 9.15. The summed E-state index contributed by atoms with van der Waals surface area (Å²) in [5, 5.41) is 5.38. The van der Waals surface area contributed by atoms with Crippen LogP contribution >= 0.6 is 0 Å². The number of hydrogen-bond acceptors (Lipinski definition) is 3. The third kappa shape index (κ3) is 4.35. The number of benzene rings is 2. The van der Waals surface area contributed by atoms with Crippen LogP contribution in [-0.2, 0) is 6.54 Å². The minimum atomic E-state index is -0.416. The van der Waals surface area contributed by atoms with Gasteiger partial charge in [0.25, 0.3) is 0 Å². The lowest BCUT2D eigenvalue weighted by molar-refractivity contribution is 0.251. The molecule has 0 aliphatic rings. The summed E-state index contributed by atoms with van der Waals surface area (Å²) in [5.41, 5.74) is 2.11. The number of halogens is 1. The van der Waals surface area contributed by atoms with Crippen molar-refractivity contribution in [3.63, 3.8) is 0 Å². The molecule has 0 saturated heterocycles. The number of nitrogens with one attached hydrogen (secondary N) is 2. The van der Waals surface area contributed by atoms with Crippen molar-refractivity contribution in [3.8, 4) is 11.5 Å². The van der Waals surface area contributed by atoms with Crippen LogP contribution in [0.5, 0.6) is 11.5 Å². The van der Waals surface area contributed by atoms with Crippen LogP contribution in [0.1, 0.15) is 11.1 Å². The molecule has 0 aliphatic heterocycles. The molecular weight excluding hydrogens is 299 g/mol. The van der Waals surface area contributed by atoms with Gasteiger partial charge in [0.05, 0.1) is 19.9 Å². The summed E-state index contributed by atoms with van der Waals surface area (Å²) < 4.78 is 23.6. The van der Waals surface area contributed by atoms with E-state index in [-0.39, 0.29) is 12.4 Å². The van der Waals surface area contributed by atoms with E-state index in [1.807, 2.05) is 6.92 Å². The second-order valence-electron chi connectivity index (χ2n) is 4.94. The molecule has 0 fully saturated rings. The van der Waals surface area contributed by atoms with Crippen molar-refractivity contribution in [1.29, 1.82) is 0 Å². The van der Waals surface area contributed by atoms with E-state index in [9.17, 15) is 9.18 Å². The Morgan fingerprint density at radius 2 is 1.91 bits per heavy atom. The van der Waals surface area contributed by atoms with Gasteiger partial charge in [-0.3, -0.25) is 0 Å². The van der Waals surface area contributed by atoms with Gasteiger partial charge in [0, 0.05) is 12.6 Å². The fourth-order valence-electron chi connectivity index (χ4n) is 2.08. The summed E-state index contributed by atoms with van der Waals surface area (Å²) in [7, 11) is 3.05. The molecule has 0 heterocycles. The zero-order valence-electron chi connectivity index (χ0n) is 13.3. The van der Waals surface area contributed by atoms with Crippen LogP contribution in [0.15, 0.2) is 36.4 Å². The smallest absolute Gasteiger partial charge is 0.319 e. The highest BCUT2D eigenvalue weighted by atomic mass is 19.1. The lowest BCUT2D eigenvalue weighted by Crippen LogP contribution is -2.28. The van der Waals surface area contributed by atoms with Crippen LogP contribution < -0.4 is 20.1 Å². The molecule has 6 heteroatoms. The minimum absolute atomic E-state index is 0.224. The van der Waals surface area contributed by atoms with Crippen LogP contribution in [-0.4, -0.2) is 20.3 Å². The zero-order chi connectivity index (χ0) is 16.8. The molecule has 0 unspecified atom stereocenters. The van der Waals surface area contributed by atoms with Gasteiger partial charge in [-0.25, -0.2) is 9.18 Å². The molecule has 0 aromatic heterocycles. The summed E-state index contributed by atoms with van der Waals surface area (Å²) in [5.74, 6) is 0.784. The molecule has 0 saturated carbocycles. The second kappa shape index (κ2) is 7.49. The first-order valence-corrected chi connectivity index (χ1v) is 7.05. The monoisotopic (exact) mass is 318 g/mol. The highest BCUT2D eigenvalue weighted by molar-refractivity contribution is 5.91. The summed E-state index contributed by atoms with van der Waals surface area (Å²) in [6.07, 6.45) is 0. The average molecular weight is 318 g/mol. The Bertz CT molecular complexity index is 704. The van der Waals surface area contributed by atoms with Gasteiger partial charge in [-0.1, -0.05) is 6.07 Å². The van der Waals surface area contributed by atoms with Gasteiger partial charge in [-0.15, -0.1) is 0 Å². The van der Waals surface area contributed by atoms with E-state index in [0.29, 0.717) is 17.2 Å². The predicted molar refractivity (Wildman–Crippen MR) is 86.5 cm³/mol. The minimum Gasteiger partial charge on any atom is -0.497 e. The quantitative estimate of drug-likeness (QED) is 0.887. The van der Waals surface area contributed by atoms with Crippen molar-refractivity contribution in [2.24, 2.45) is 0 Å². The molecule has 0 spiro atoms. The molecule has 0 bridgehead atoms. The first-order valence-electron chi connectivity index (χ1n) is 7.05. The normalized spacial score (nSPS) is 10.1. The number of carbonyl (C=O) groups is 1. The third-order valence-electron chi connectivity index (χ3n) is 3.41. The van der Waals surface area contributed by atoms with Crippen LogP contribution in [0.25, 0.3) is 0 Å². The number of rotatable bonds is 5. The van der Waals surface area contributed by atoms with Crippen molar-refractivity contribution in [3.05, 3.63) is 53.3 Å². The van der Waals surface area contributed by atoms with Crippen LogP contribution in [0.4, 0.5) is 14.9 Å². The summed E-state index contributed by atoms with van der Waals surface area (Å²) in [6.45, 7) is 2.08. The van der Waals surface area contributed by atoms with E-state index in [4.69, 9.17) is 9.47 Å². The Balaban J connectivity index is 2.03.